The van der Waals surface area contributed by atoms with Gasteiger partial charge in [-0.15, -0.1) is 6.42 Å². The number of rotatable bonds is 6. The van der Waals surface area contributed by atoms with Gasteiger partial charge in [-0.25, -0.2) is 0 Å². The molecule has 0 fully saturated rings. The number of terminal acetylenes is 1. The van der Waals surface area contributed by atoms with Gasteiger partial charge in [-0.3, -0.25) is 4.99 Å². The second-order valence-electron chi connectivity index (χ2n) is 7.08. The van der Waals surface area contributed by atoms with Crippen molar-refractivity contribution in [2.75, 3.05) is 0 Å². The first-order valence-corrected chi connectivity index (χ1v) is 10.6. The number of hydrogen-bond acceptors (Lipinski definition) is 1. The van der Waals surface area contributed by atoms with E-state index in [0.717, 1.165) is 18.4 Å². The first kappa shape index (κ1) is 20.4. The van der Waals surface area contributed by atoms with E-state index in [1.807, 2.05) is 30.3 Å². The lowest BCUT2D eigenvalue weighted by atomic mass is 9.86. The van der Waals surface area contributed by atoms with Crippen molar-refractivity contribution in [2.24, 2.45) is 4.99 Å². The van der Waals surface area contributed by atoms with Gasteiger partial charge >= 0.3 is 0 Å². The van der Waals surface area contributed by atoms with Crippen molar-refractivity contribution in [3.8, 4) is 23.5 Å². The molecule has 0 saturated carbocycles. The Morgan fingerprint density at radius 1 is 0.964 bits per heavy atom. The van der Waals surface area contributed by atoms with E-state index in [0.29, 0.717) is 5.71 Å². The zero-order valence-electron chi connectivity index (χ0n) is 16.3. The Kier molecular flexibility index (Phi) is 6.70. The van der Waals surface area contributed by atoms with Crippen LogP contribution in [0.25, 0.3) is 11.1 Å². The average Bonchev–Trinajstić information content (AvgIpc) is 2.73. The summed E-state index contributed by atoms with van der Waals surface area (Å²) in [7, 11) is 0. The highest BCUT2D eigenvalue weighted by molar-refractivity contribution is 14.1. The molecule has 1 atom stereocenters. The fraction of sp³-hybridized carbons (Fsp3) is 0.192. The molecule has 0 heterocycles. The van der Waals surface area contributed by atoms with Crippen LogP contribution in [0.3, 0.4) is 0 Å². The SMILES string of the molecule is C#C/C(=N\[C@@](C)(CCC)c1cccc(-c2ccc(I)cc2)c1)c1ccccc1. The van der Waals surface area contributed by atoms with E-state index >= 15 is 0 Å². The van der Waals surface area contributed by atoms with Crippen molar-refractivity contribution >= 4 is 28.3 Å². The highest BCUT2D eigenvalue weighted by Crippen LogP contribution is 2.34. The molecule has 0 aromatic heterocycles. The maximum absolute atomic E-state index is 5.84. The number of hydrogen-bond donors (Lipinski definition) is 0. The fourth-order valence-corrected chi connectivity index (χ4v) is 3.81. The maximum atomic E-state index is 5.84. The van der Waals surface area contributed by atoms with Gasteiger partial charge in [0.1, 0.15) is 5.71 Å². The highest BCUT2D eigenvalue weighted by Gasteiger charge is 2.26. The summed E-state index contributed by atoms with van der Waals surface area (Å²) in [6, 6.07) is 27.3. The number of halogens is 1. The number of nitrogens with zero attached hydrogens (tertiary/aromatic N) is 1. The molecule has 3 aromatic rings. The summed E-state index contributed by atoms with van der Waals surface area (Å²) in [6.07, 6.45) is 7.80. The van der Waals surface area contributed by atoms with Crippen LogP contribution in [0, 0.1) is 15.9 Å². The summed E-state index contributed by atoms with van der Waals surface area (Å²) < 4.78 is 1.24. The molecule has 3 aromatic carbocycles. The summed E-state index contributed by atoms with van der Waals surface area (Å²) in [5, 5.41) is 0. The minimum atomic E-state index is -0.370. The Bertz CT molecular complexity index is 997. The molecule has 0 aliphatic heterocycles. The zero-order valence-corrected chi connectivity index (χ0v) is 18.5. The van der Waals surface area contributed by atoms with Crippen molar-refractivity contribution in [2.45, 2.75) is 32.2 Å². The predicted molar refractivity (Wildman–Crippen MR) is 129 cm³/mol. The largest absolute Gasteiger partial charge is 0.265 e. The lowest BCUT2D eigenvalue weighted by Crippen LogP contribution is -2.21. The summed E-state index contributed by atoms with van der Waals surface area (Å²) in [4.78, 5) is 5.08. The van der Waals surface area contributed by atoms with Crippen LogP contribution >= 0.6 is 22.6 Å². The molecule has 0 spiro atoms. The van der Waals surface area contributed by atoms with E-state index in [-0.39, 0.29) is 5.54 Å². The van der Waals surface area contributed by atoms with Gasteiger partial charge in [0, 0.05) is 9.13 Å². The van der Waals surface area contributed by atoms with Gasteiger partial charge in [0.05, 0.1) is 5.54 Å². The molecule has 0 saturated heterocycles. The van der Waals surface area contributed by atoms with Crippen LogP contribution in [-0.2, 0) is 5.54 Å². The van der Waals surface area contributed by atoms with Crippen molar-refractivity contribution in [1.82, 2.24) is 0 Å². The van der Waals surface area contributed by atoms with Crippen molar-refractivity contribution in [3.63, 3.8) is 0 Å². The van der Waals surface area contributed by atoms with Crippen molar-refractivity contribution < 1.29 is 0 Å². The molecule has 0 aliphatic rings. The standard InChI is InChI=1S/C26H24IN/c1-4-18-26(3,28-25(5-2)21-10-7-6-8-11-21)23-13-9-12-22(19-23)20-14-16-24(27)17-15-20/h2,6-17,19H,4,18H2,1,3H3/b28-25+/t26-/m0/s1. The van der Waals surface area contributed by atoms with Crippen LogP contribution in [0.2, 0.25) is 0 Å². The molecule has 0 unspecified atom stereocenters. The topological polar surface area (TPSA) is 12.4 Å². The molecule has 140 valence electrons. The van der Waals surface area contributed by atoms with Gasteiger partial charge in [-0.2, -0.15) is 0 Å². The molecule has 28 heavy (non-hydrogen) atoms. The zero-order chi connectivity index (χ0) is 20.0. The lowest BCUT2D eigenvalue weighted by molar-refractivity contribution is 0.451. The summed E-state index contributed by atoms with van der Waals surface area (Å²) in [6.45, 7) is 4.37. The van der Waals surface area contributed by atoms with Crippen LogP contribution < -0.4 is 0 Å². The first-order chi connectivity index (χ1) is 13.6. The second-order valence-corrected chi connectivity index (χ2v) is 8.33. The molecule has 1 nitrogen and oxygen atoms in total. The van der Waals surface area contributed by atoms with E-state index in [2.05, 4.69) is 90.9 Å². The third kappa shape index (κ3) is 4.72. The maximum Gasteiger partial charge on any atom is 0.115 e. The second kappa shape index (κ2) is 9.21. The molecule has 0 N–H and O–H groups in total. The Hall–Kier alpha value is -2.38. The quantitative estimate of drug-likeness (QED) is 0.204. The van der Waals surface area contributed by atoms with Crippen molar-refractivity contribution in [3.05, 3.63) is 93.6 Å². The van der Waals surface area contributed by atoms with Crippen molar-refractivity contribution in [1.29, 1.82) is 0 Å². The van der Waals surface area contributed by atoms with Gasteiger partial charge in [0.2, 0.25) is 0 Å². The first-order valence-electron chi connectivity index (χ1n) is 9.54. The average molecular weight is 477 g/mol. The summed E-state index contributed by atoms with van der Waals surface area (Å²) >= 11 is 2.33. The van der Waals surface area contributed by atoms with Gasteiger partial charge < -0.3 is 0 Å². The molecule has 3 rings (SSSR count). The van der Waals surface area contributed by atoms with E-state index in [4.69, 9.17) is 11.4 Å². The monoisotopic (exact) mass is 477 g/mol. The van der Waals surface area contributed by atoms with Crippen LogP contribution in [0.4, 0.5) is 0 Å². The molecular formula is C26H24IN. The van der Waals surface area contributed by atoms with Crippen LogP contribution in [0.1, 0.15) is 37.8 Å². The molecule has 0 bridgehead atoms. The Morgan fingerprint density at radius 2 is 1.68 bits per heavy atom. The van der Waals surface area contributed by atoms with E-state index in [1.54, 1.807) is 0 Å². The fourth-order valence-electron chi connectivity index (χ4n) is 3.45. The van der Waals surface area contributed by atoms with Gasteiger partial charge in [0.25, 0.3) is 0 Å². The Morgan fingerprint density at radius 3 is 2.32 bits per heavy atom. The van der Waals surface area contributed by atoms with Gasteiger partial charge in [-0.05, 0) is 70.8 Å². The van der Waals surface area contributed by atoms with Crippen LogP contribution in [0.15, 0.2) is 83.9 Å². The molecule has 0 amide bonds. The number of aliphatic imine (C=N–C) groups is 1. The molecule has 0 radical (unpaired) electrons. The van der Waals surface area contributed by atoms with Crippen LogP contribution in [0.5, 0.6) is 0 Å². The molecule has 0 aliphatic carbocycles. The normalized spacial score (nSPS) is 13.6. The van der Waals surface area contributed by atoms with E-state index in [9.17, 15) is 0 Å². The van der Waals surface area contributed by atoms with Gasteiger partial charge in [-0.1, -0.05) is 79.9 Å². The van der Waals surface area contributed by atoms with E-state index < -0.39 is 0 Å². The summed E-state index contributed by atoms with van der Waals surface area (Å²) in [5.41, 5.74) is 4.93. The third-order valence-electron chi connectivity index (χ3n) is 4.94. The summed E-state index contributed by atoms with van der Waals surface area (Å²) in [5.74, 6) is 2.80. The minimum absolute atomic E-state index is 0.370. The lowest BCUT2D eigenvalue weighted by Gasteiger charge is -2.27. The van der Waals surface area contributed by atoms with Gasteiger partial charge in [0.15, 0.2) is 0 Å². The Labute approximate surface area is 182 Å². The smallest absolute Gasteiger partial charge is 0.115 e. The minimum Gasteiger partial charge on any atom is -0.265 e. The highest BCUT2D eigenvalue weighted by atomic mass is 127. The Balaban J connectivity index is 2.06. The third-order valence-corrected chi connectivity index (χ3v) is 5.66. The predicted octanol–water partition coefficient (Wildman–Crippen LogP) is 7.10. The molecular weight excluding hydrogens is 453 g/mol. The molecule has 2 heteroatoms. The van der Waals surface area contributed by atoms with Crippen LogP contribution in [-0.4, -0.2) is 5.71 Å². The number of benzene rings is 3. The van der Waals surface area contributed by atoms with E-state index in [1.165, 1.54) is 20.3 Å².